The van der Waals surface area contributed by atoms with Crippen LogP contribution in [-0.2, 0) is 4.74 Å². The van der Waals surface area contributed by atoms with Gasteiger partial charge in [0.25, 0.3) is 0 Å². The number of aliphatic hydroxyl groups is 4. The maximum absolute atomic E-state index is 11.1. The monoisotopic (exact) mass is 509 g/mol. The van der Waals surface area contributed by atoms with Crippen LogP contribution in [-0.4, -0.2) is 61.5 Å². The van der Waals surface area contributed by atoms with Crippen molar-refractivity contribution in [2.45, 2.75) is 123 Å². The second kappa shape index (κ2) is 11.3. The number of hydrogen-bond donors (Lipinski definition) is 4. The van der Waals surface area contributed by atoms with Gasteiger partial charge in [-0.15, -0.1) is 11.3 Å². The maximum atomic E-state index is 11.1. The lowest BCUT2D eigenvalue weighted by Crippen LogP contribution is -2.49. The van der Waals surface area contributed by atoms with Crippen LogP contribution in [0.25, 0.3) is 6.08 Å². The van der Waals surface area contributed by atoms with E-state index in [4.69, 9.17) is 4.74 Å². The number of fused-ring (bicyclic) bond motifs is 1. The molecule has 2 heterocycles. The molecule has 1 saturated heterocycles. The van der Waals surface area contributed by atoms with E-state index >= 15 is 0 Å². The first-order valence-corrected chi connectivity index (χ1v) is 14.1. The van der Waals surface area contributed by atoms with Crippen LogP contribution in [0.4, 0.5) is 0 Å². The number of rotatable bonds is 2. The van der Waals surface area contributed by atoms with Crippen molar-refractivity contribution in [1.82, 2.24) is 4.98 Å². The van der Waals surface area contributed by atoms with Gasteiger partial charge in [-0.05, 0) is 70.8 Å². The number of allylic oxidation sites excluding steroid dienone is 1. The van der Waals surface area contributed by atoms with Gasteiger partial charge in [0.05, 0.1) is 46.8 Å². The summed E-state index contributed by atoms with van der Waals surface area (Å²) < 4.78 is 6.18. The summed E-state index contributed by atoms with van der Waals surface area (Å²) in [7, 11) is 0. The Labute approximate surface area is 215 Å². The molecule has 1 aromatic heterocycles. The molecule has 0 bridgehead atoms. The van der Waals surface area contributed by atoms with Crippen LogP contribution in [0.2, 0.25) is 0 Å². The molecule has 2 aliphatic rings. The number of nitrogens with zero attached hydrogens (tertiary/aromatic N) is 1. The van der Waals surface area contributed by atoms with Gasteiger partial charge in [-0.25, -0.2) is 4.98 Å². The topological polar surface area (TPSA) is 106 Å². The molecule has 0 aromatic carbocycles. The molecular formula is C28H47NO5S. The molecule has 1 aromatic rings. The highest BCUT2D eigenvalue weighted by Crippen LogP contribution is 2.46. The first kappa shape index (κ1) is 28.7. The van der Waals surface area contributed by atoms with Crippen LogP contribution >= 0.6 is 11.3 Å². The van der Waals surface area contributed by atoms with Crippen molar-refractivity contribution < 1.29 is 25.2 Å². The first-order valence-electron chi connectivity index (χ1n) is 13.2. The molecule has 2 fully saturated rings. The lowest BCUT2D eigenvalue weighted by molar-refractivity contribution is -0.113. The highest BCUT2D eigenvalue weighted by atomic mass is 32.1. The normalized spacial score (nSPS) is 41.9. The van der Waals surface area contributed by atoms with Crippen LogP contribution in [0.3, 0.4) is 0 Å². The molecular weight excluding hydrogens is 462 g/mol. The Morgan fingerprint density at radius 1 is 1.11 bits per heavy atom. The van der Waals surface area contributed by atoms with Gasteiger partial charge in [0.1, 0.15) is 0 Å². The molecule has 0 amide bonds. The summed E-state index contributed by atoms with van der Waals surface area (Å²) in [6, 6.07) is 0. The van der Waals surface area contributed by atoms with Crippen molar-refractivity contribution in [3.8, 4) is 0 Å². The van der Waals surface area contributed by atoms with Crippen molar-refractivity contribution in [3.05, 3.63) is 21.7 Å². The molecule has 1 aliphatic carbocycles. The second-order valence-corrected chi connectivity index (χ2v) is 13.2. The number of aryl methyl sites for hydroxylation is 1. The van der Waals surface area contributed by atoms with E-state index in [0.717, 1.165) is 42.0 Å². The van der Waals surface area contributed by atoms with Gasteiger partial charge in [0, 0.05) is 16.7 Å². The van der Waals surface area contributed by atoms with Crippen molar-refractivity contribution in [3.63, 3.8) is 0 Å². The fourth-order valence-corrected chi connectivity index (χ4v) is 6.41. The molecule has 1 aliphatic heterocycles. The Morgan fingerprint density at radius 2 is 1.80 bits per heavy atom. The summed E-state index contributed by atoms with van der Waals surface area (Å²) >= 11 is 1.62. The smallest absolute Gasteiger partial charge is 0.0920 e. The number of aromatic nitrogens is 1. The van der Waals surface area contributed by atoms with E-state index in [1.807, 2.05) is 40.0 Å². The Bertz CT molecular complexity index is 869. The van der Waals surface area contributed by atoms with E-state index < -0.39 is 29.8 Å². The molecule has 4 N–H and O–H groups in total. The van der Waals surface area contributed by atoms with Crippen LogP contribution in [0, 0.1) is 30.1 Å². The fraction of sp³-hybridized carbons (Fsp3) is 0.821. The van der Waals surface area contributed by atoms with Gasteiger partial charge in [-0.1, -0.05) is 39.7 Å². The highest BCUT2D eigenvalue weighted by molar-refractivity contribution is 7.09. The second-order valence-electron chi connectivity index (χ2n) is 12.2. The average Bonchev–Trinajstić information content (AvgIpc) is 3.22. The molecule has 0 spiro atoms. The Kier molecular flexibility index (Phi) is 9.26. The molecule has 6 nitrogen and oxygen atoms in total. The van der Waals surface area contributed by atoms with Crippen molar-refractivity contribution in [1.29, 1.82) is 0 Å². The van der Waals surface area contributed by atoms with Crippen LogP contribution in [0.1, 0.15) is 90.8 Å². The summed E-state index contributed by atoms with van der Waals surface area (Å²) in [5, 5.41) is 47.2. The Balaban J connectivity index is 1.84. The molecule has 200 valence electrons. The van der Waals surface area contributed by atoms with Crippen LogP contribution < -0.4 is 0 Å². The third-order valence-electron chi connectivity index (χ3n) is 8.82. The lowest BCUT2D eigenvalue weighted by Gasteiger charge is -2.41. The van der Waals surface area contributed by atoms with E-state index in [1.165, 1.54) is 0 Å². The fourth-order valence-electron chi connectivity index (χ4n) is 5.84. The van der Waals surface area contributed by atoms with Crippen LogP contribution in [0.5, 0.6) is 0 Å². The largest absolute Gasteiger partial charge is 0.393 e. The summed E-state index contributed by atoms with van der Waals surface area (Å²) in [5.41, 5.74) is 1.06. The highest BCUT2D eigenvalue weighted by Gasteiger charge is 2.52. The number of ether oxygens (including phenoxy) is 1. The van der Waals surface area contributed by atoms with Crippen molar-refractivity contribution in [2.24, 2.45) is 23.2 Å². The zero-order chi connectivity index (χ0) is 26.1. The predicted molar refractivity (Wildman–Crippen MR) is 141 cm³/mol. The minimum atomic E-state index is -0.904. The van der Waals surface area contributed by atoms with Crippen LogP contribution in [0.15, 0.2) is 11.0 Å². The number of thiazole rings is 1. The maximum Gasteiger partial charge on any atom is 0.0920 e. The molecule has 0 radical (unpaired) electrons. The van der Waals surface area contributed by atoms with Crippen molar-refractivity contribution >= 4 is 17.4 Å². The molecule has 9 atom stereocenters. The molecule has 7 heteroatoms. The van der Waals surface area contributed by atoms with Gasteiger partial charge < -0.3 is 25.2 Å². The average molecular weight is 510 g/mol. The van der Waals surface area contributed by atoms with E-state index in [-0.39, 0.29) is 35.9 Å². The Hall–Kier alpha value is -0.830. The summed E-state index contributed by atoms with van der Waals surface area (Å²) in [6.45, 7) is 13.8. The summed E-state index contributed by atoms with van der Waals surface area (Å²) in [4.78, 5) is 4.57. The lowest BCUT2D eigenvalue weighted by atomic mass is 9.70. The predicted octanol–water partition coefficient (Wildman–Crippen LogP) is 4.72. The Morgan fingerprint density at radius 3 is 2.43 bits per heavy atom. The standard InChI is InChI=1S/C28H47NO5S/c1-16-9-8-10-28(7)24(34-28)13-20(17(2)11-21-15-35-19(4)29-21)12-22(30)14-23(31)27(5,6)26(33)18(3)25(16)32/h11,15-16,18,20,22-26,30-33H,8-10,12-14H2,1-7H3/b17-11+/t16-,18+,20-,22-,23?,24-,25-,26+,28+/m0/s1. The quantitative estimate of drug-likeness (QED) is 0.430. The van der Waals surface area contributed by atoms with Gasteiger partial charge in [-0.2, -0.15) is 0 Å². The minimum Gasteiger partial charge on any atom is -0.393 e. The van der Waals surface area contributed by atoms with Gasteiger partial charge >= 0.3 is 0 Å². The third-order valence-corrected chi connectivity index (χ3v) is 9.61. The molecule has 3 rings (SSSR count). The van der Waals surface area contributed by atoms with Gasteiger partial charge in [0.15, 0.2) is 0 Å². The minimum absolute atomic E-state index is 0.0337. The van der Waals surface area contributed by atoms with E-state index in [9.17, 15) is 20.4 Å². The summed E-state index contributed by atoms with van der Waals surface area (Å²) in [5.74, 6) is -0.252. The zero-order valence-electron chi connectivity index (χ0n) is 22.6. The number of aliphatic hydroxyl groups excluding tert-OH is 4. The van der Waals surface area contributed by atoms with Crippen molar-refractivity contribution in [2.75, 3.05) is 0 Å². The van der Waals surface area contributed by atoms with E-state index in [2.05, 4.69) is 24.9 Å². The summed E-state index contributed by atoms with van der Waals surface area (Å²) in [6.07, 6.45) is 3.29. The first-order chi connectivity index (χ1) is 16.2. The third kappa shape index (κ3) is 6.93. The van der Waals surface area contributed by atoms with Gasteiger partial charge in [-0.3, -0.25) is 0 Å². The van der Waals surface area contributed by atoms with E-state index in [0.29, 0.717) is 6.42 Å². The molecule has 1 unspecified atom stereocenters. The zero-order valence-corrected chi connectivity index (χ0v) is 23.4. The molecule has 35 heavy (non-hydrogen) atoms. The number of epoxide rings is 1. The molecule has 1 saturated carbocycles. The SMILES string of the molecule is C/C(=C\c1csc(C)n1)[C@H]1C[C@H](O)CC(O)C(C)(C)[C@H](O)[C@H](C)[C@@H](O)[C@@H](C)CCC[C@@]2(C)O[C@H]2C1. The number of hydrogen-bond acceptors (Lipinski definition) is 7. The van der Waals surface area contributed by atoms with Gasteiger partial charge in [0.2, 0.25) is 0 Å². The van der Waals surface area contributed by atoms with E-state index in [1.54, 1.807) is 11.3 Å².